The summed E-state index contributed by atoms with van der Waals surface area (Å²) >= 11 is 1.94. The van der Waals surface area contributed by atoms with Gasteiger partial charge in [0.15, 0.2) is 0 Å². The van der Waals surface area contributed by atoms with Gasteiger partial charge in [-0.15, -0.1) is 11.3 Å². The molecule has 4 aromatic rings. The van der Waals surface area contributed by atoms with Crippen LogP contribution in [0.15, 0.2) is 91.0 Å². The molecule has 0 fully saturated rings. The topological polar surface area (TPSA) is 0 Å². The third-order valence-corrected chi connectivity index (χ3v) is 11.2. The van der Waals surface area contributed by atoms with E-state index in [0.717, 1.165) is 6.16 Å². The van der Waals surface area contributed by atoms with Gasteiger partial charge in [0.05, 0.1) is 6.16 Å². The largest absolute Gasteiger partial charge is 1.00 e. The van der Waals surface area contributed by atoms with Gasteiger partial charge in [-0.05, 0) is 62.7 Å². The Morgan fingerprint density at radius 1 is 0.586 bits per heavy atom. The molecule has 3 aromatic carbocycles. The average Bonchev–Trinajstić information content (AvgIpc) is 2.99. The van der Waals surface area contributed by atoms with Crippen molar-refractivity contribution in [2.45, 2.75) is 26.9 Å². The van der Waals surface area contributed by atoms with Crippen molar-refractivity contribution in [1.29, 1.82) is 0 Å². The first-order valence-electron chi connectivity index (χ1n) is 9.73. The molecule has 0 radical (unpaired) electrons. The fourth-order valence-electron chi connectivity index (χ4n) is 4.08. The minimum atomic E-state index is -1.81. The zero-order chi connectivity index (χ0) is 19.6. The quantitative estimate of drug-likeness (QED) is 0.421. The van der Waals surface area contributed by atoms with Crippen LogP contribution in [-0.4, -0.2) is 0 Å². The van der Waals surface area contributed by atoms with Crippen LogP contribution in [0.1, 0.15) is 20.9 Å². The van der Waals surface area contributed by atoms with E-state index in [1.807, 2.05) is 11.3 Å². The molecular formula is C26H26ClPS. The third-order valence-electron chi connectivity index (χ3n) is 5.70. The molecule has 29 heavy (non-hydrogen) atoms. The van der Waals surface area contributed by atoms with Crippen molar-refractivity contribution in [3.63, 3.8) is 0 Å². The number of rotatable bonds is 5. The molecule has 1 aromatic heterocycles. The van der Waals surface area contributed by atoms with Crippen molar-refractivity contribution in [1.82, 2.24) is 0 Å². The van der Waals surface area contributed by atoms with E-state index >= 15 is 0 Å². The maximum Gasteiger partial charge on any atom is 0.116 e. The Hall–Kier alpha value is -1.92. The third kappa shape index (κ3) is 4.05. The number of halogens is 1. The summed E-state index contributed by atoms with van der Waals surface area (Å²) in [7, 11) is -1.81. The van der Waals surface area contributed by atoms with Crippen molar-refractivity contribution < 1.29 is 12.4 Å². The highest BCUT2D eigenvalue weighted by Gasteiger charge is 2.46. The van der Waals surface area contributed by atoms with Gasteiger partial charge in [0, 0.05) is 15.3 Å². The van der Waals surface area contributed by atoms with Crippen molar-refractivity contribution in [2.75, 3.05) is 0 Å². The number of thiophene rings is 1. The molecule has 3 heteroatoms. The molecule has 148 valence electrons. The van der Waals surface area contributed by atoms with Gasteiger partial charge in [-0.2, -0.15) is 0 Å². The van der Waals surface area contributed by atoms with Crippen LogP contribution in [0, 0.1) is 20.8 Å². The SMILES string of the molecule is Cc1sc(C)c(C[P+](c2ccccc2)(c2ccccc2)c2ccccc2)c1C.[Cl-]. The highest BCUT2D eigenvalue weighted by atomic mass is 35.5. The lowest BCUT2D eigenvalue weighted by molar-refractivity contribution is -0.00000556. The maximum absolute atomic E-state index is 2.33. The molecule has 0 spiro atoms. The van der Waals surface area contributed by atoms with E-state index in [1.54, 1.807) is 0 Å². The van der Waals surface area contributed by atoms with Crippen LogP contribution in [0.5, 0.6) is 0 Å². The van der Waals surface area contributed by atoms with Gasteiger partial charge in [-0.25, -0.2) is 0 Å². The van der Waals surface area contributed by atoms with E-state index in [2.05, 4.69) is 112 Å². The number of hydrogen-bond acceptors (Lipinski definition) is 1. The second kappa shape index (κ2) is 9.26. The van der Waals surface area contributed by atoms with Crippen LogP contribution in [-0.2, 0) is 6.16 Å². The van der Waals surface area contributed by atoms with Crippen molar-refractivity contribution >= 4 is 34.5 Å². The van der Waals surface area contributed by atoms with Gasteiger partial charge in [0.25, 0.3) is 0 Å². The van der Waals surface area contributed by atoms with Crippen LogP contribution in [0.2, 0.25) is 0 Å². The maximum atomic E-state index is 2.33. The standard InChI is InChI=1S/C26H26PS.ClH/c1-20-21(2)28-22(3)26(20)19-27(23-13-7-4-8-14-23,24-15-9-5-10-16-24)25-17-11-6-12-18-25;/h4-18H,19H2,1-3H3;1H/q+1;/p-1. The summed E-state index contributed by atoms with van der Waals surface area (Å²) in [6.45, 7) is 6.84. The van der Waals surface area contributed by atoms with Crippen LogP contribution >= 0.6 is 18.6 Å². The lowest BCUT2D eigenvalue weighted by Gasteiger charge is -2.28. The average molecular weight is 437 g/mol. The van der Waals surface area contributed by atoms with Crippen molar-refractivity contribution in [3.05, 3.63) is 112 Å². The van der Waals surface area contributed by atoms with Crippen molar-refractivity contribution in [2.24, 2.45) is 0 Å². The molecule has 0 aliphatic carbocycles. The summed E-state index contributed by atoms with van der Waals surface area (Å²) in [4.78, 5) is 2.90. The van der Waals surface area contributed by atoms with E-state index in [-0.39, 0.29) is 12.4 Å². The number of benzene rings is 3. The molecule has 0 amide bonds. The van der Waals surface area contributed by atoms with Crippen molar-refractivity contribution in [3.8, 4) is 0 Å². The van der Waals surface area contributed by atoms with Gasteiger partial charge < -0.3 is 12.4 Å². The molecule has 0 N–H and O–H groups in total. The normalized spacial score (nSPS) is 11.1. The summed E-state index contributed by atoms with van der Waals surface area (Å²) in [5, 5.41) is 4.36. The zero-order valence-electron chi connectivity index (χ0n) is 17.1. The first kappa shape index (κ1) is 21.8. The molecule has 1 heterocycles. The van der Waals surface area contributed by atoms with Crippen LogP contribution in [0.4, 0.5) is 0 Å². The second-order valence-electron chi connectivity index (χ2n) is 7.29. The van der Waals surface area contributed by atoms with Gasteiger partial charge in [-0.3, -0.25) is 0 Å². The van der Waals surface area contributed by atoms with E-state index in [1.165, 1.54) is 36.8 Å². The summed E-state index contributed by atoms with van der Waals surface area (Å²) in [6.07, 6.45) is 1.08. The van der Waals surface area contributed by atoms with Gasteiger partial charge in [0.1, 0.15) is 23.2 Å². The molecule has 0 aliphatic rings. The lowest BCUT2D eigenvalue weighted by Crippen LogP contribution is -3.00. The summed E-state index contributed by atoms with van der Waals surface area (Å²) < 4.78 is 0. The van der Waals surface area contributed by atoms with Crippen LogP contribution < -0.4 is 28.3 Å². The minimum absolute atomic E-state index is 0. The predicted octanol–water partition coefficient (Wildman–Crippen LogP) is 3.17. The Morgan fingerprint density at radius 2 is 0.966 bits per heavy atom. The zero-order valence-corrected chi connectivity index (χ0v) is 19.6. The van der Waals surface area contributed by atoms with E-state index in [4.69, 9.17) is 0 Å². The molecule has 0 aliphatic heterocycles. The first-order chi connectivity index (χ1) is 13.6. The van der Waals surface area contributed by atoms with E-state index in [0.29, 0.717) is 0 Å². The Bertz CT molecular complexity index is 959. The smallest absolute Gasteiger partial charge is 0.116 e. The van der Waals surface area contributed by atoms with Crippen LogP contribution in [0.3, 0.4) is 0 Å². The van der Waals surface area contributed by atoms with Gasteiger partial charge >= 0.3 is 0 Å². The number of hydrogen-bond donors (Lipinski definition) is 0. The molecule has 0 atom stereocenters. The Balaban J connectivity index is 0.00000240. The Morgan fingerprint density at radius 3 is 1.28 bits per heavy atom. The fourth-order valence-corrected chi connectivity index (χ4v) is 9.71. The minimum Gasteiger partial charge on any atom is -1.00 e. The molecule has 0 unspecified atom stereocenters. The Labute approximate surface area is 185 Å². The van der Waals surface area contributed by atoms with E-state index < -0.39 is 7.26 Å². The van der Waals surface area contributed by atoms with Crippen LogP contribution in [0.25, 0.3) is 0 Å². The lowest BCUT2D eigenvalue weighted by atomic mass is 10.1. The van der Waals surface area contributed by atoms with Gasteiger partial charge in [-0.1, -0.05) is 54.6 Å². The molecule has 0 saturated heterocycles. The highest BCUT2D eigenvalue weighted by Crippen LogP contribution is 2.59. The molecule has 0 saturated carbocycles. The fraction of sp³-hybridized carbons (Fsp3) is 0.154. The summed E-state index contributed by atoms with van der Waals surface area (Å²) in [6, 6.07) is 33.5. The molecule has 0 nitrogen and oxygen atoms in total. The van der Waals surface area contributed by atoms with Gasteiger partial charge in [0.2, 0.25) is 0 Å². The highest BCUT2D eigenvalue weighted by molar-refractivity contribution is 7.95. The predicted molar refractivity (Wildman–Crippen MR) is 127 cm³/mol. The molecule has 0 bridgehead atoms. The molecular weight excluding hydrogens is 411 g/mol. The molecule has 4 rings (SSSR count). The second-order valence-corrected chi connectivity index (χ2v) is 12.2. The number of aryl methyl sites for hydroxylation is 2. The summed E-state index contributed by atoms with van der Waals surface area (Å²) in [5.41, 5.74) is 3.00. The first-order valence-corrected chi connectivity index (χ1v) is 12.5. The monoisotopic (exact) mass is 436 g/mol. The Kier molecular flexibility index (Phi) is 6.96. The summed E-state index contributed by atoms with van der Waals surface area (Å²) in [5.74, 6) is 0. The van der Waals surface area contributed by atoms with E-state index in [9.17, 15) is 0 Å².